The van der Waals surface area contributed by atoms with Crippen molar-refractivity contribution >= 4 is 14.4 Å². The Morgan fingerprint density at radius 2 is 1.78 bits per heavy atom. The molecule has 0 aromatic rings. The lowest BCUT2D eigenvalue weighted by Crippen LogP contribution is -2.51. The number of carbonyl (C=O) groups is 1. The van der Waals surface area contributed by atoms with Crippen molar-refractivity contribution in [2.24, 2.45) is 0 Å². The molecule has 1 amide bonds. The zero-order valence-electron chi connectivity index (χ0n) is 16.0. The molecule has 0 radical (unpaired) electrons. The molecular formula is C16H33NO5Si. The van der Waals surface area contributed by atoms with Crippen LogP contribution in [0, 0.1) is 0 Å². The molecule has 136 valence electrons. The van der Waals surface area contributed by atoms with Crippen molar-refractivity contribution in [3.63, 3.8) is 0 Å². The van der Waals surface area contributed by atoms with Crippen molar-refractivity contribution in [1.29, 1.82) is 0 Å². The molecule has 0 unspecified atom stereocenters. The van der Waals surface area contributed by atoms with E-state index in [0.29, 0.717) is 6.42 Å². The zero-order chi connectivity index (χ0) is 18.0. The van der Waals surface area contributed by atoms with E-state index >= 15 is 0 Å². The Morgan fingerprint density at radius 3 is 2.22 bits per heavy atom. The third kappa shape index (κ3) is 4.68. The summed E-state index contributed by atoms with van der Waals surface area (Å²) < 4.78 is 22.5. The van der Waals surface area contributed by atoms with Crippen LogP contribution in [-0.2, 0) is 18.6 Å². The largest absolute Gasteiger partial charge is 0.444 e. The van der Waals surface area contributed by atoms with E-state index in [-0.39, 0.29) is 29.4 Å². The summed E-state index contributed by atoms with van der Waals surface area (Å²) in [6, 6.07) is -0.149. The summed E-state index contributed by atoms with van der Waals surface area (Å²) in [7, 11) is 2.99. The van der Waals surface area contributed by atoms with Crippen LogP contribution >= 0.6 is 0 Å². The van der Waals surface area contributed by atoms with E-state index in [2.05, 4.69) is 33.9 Å². The maximum atomic E-state index is 12.0. The molecule has 0 aromatic heterocycles. The molecule has 1 rings (SSSR count). The molecule has 0 N–H and O–H groups in total. The van der Waals surface area contributed by atoms with E-state index in [1.807, 2.05) is 6.92 Å². The third-order valence-corrected chi connectivity index (χ3v) is 9.66. The van der Waals surface area contributed by atoms with Crippen LogP contribution in [0.4, 0.5) is 4.79 Å². The van der Waals surface area contributed by atoms with Crippen LogP contribution in [0.25, 0.3) is 0 Å². The average Bonchev–Trinajstić information content (AvgIpc) is 2.69. The molecule has 1 aliphatic heterocycles. The second-order valence-corrected chi connectivity index (χ2v) is 12.5. The van der Waals surface area contributed by atoms with Crippen molar-refractivity contribution in [1.82, 2.24) is 4.90 Å². The summed E-state index contributed by atoms with van der Waals surface area (Å²) in [5.74, 6) is 0. The average molecular weight is 348 g/mol. The van der Waals surface area contributed by atoms with Crippen molar-refractivity contribution in [2.75, 3.05) is 21.3 Å². The van der Waals surface area contributed by atoms with Crippen LogP contribution in [0.3, 0.4) is 0 Å². The minimum absolute atomic E-state index is 0.112. The van der Waals surface area contributed by atoms with Gasteiger partial charge in [-0.25, -0.2) is 4.79 Å². The van der Waals surface area contributed by atoms with Gasteiger partial charge in [0, 0.05) is 27.7 Å². The van der Waals surface area contributed by atoms with Gasteiger partial charge in [0.05, 0.1) is 12.1 Å². The molecule has 0 aliphatic carbocycles. The Kier molecular flexibility index (Phi) is 6.66. The Morgan fingerprint density at radius 1 is 1.26 bits per heavy atom. The lowest BCUT2D eigenvalue weighted by atomic mass is 10.0. The smallest absolute Gasteiger partial charge is 0.410 e. The van der Waals surface area contributed by atoms with Gasteiger partial charge in [0.1, 0.15) is 6.10 Å². The predicted molar refractivity (Wildman–Crippen MR) is 92.0 cm³/mol. The summed E-state index contributed by atoms with van der Waals surface area (Å²) >= 11 is 0. The number of rotatable bonds is 7. The van der Waals surface area contributed by atoms with Gasteiger partial charge in [0.25, 0.3) is 0 Å². The van der Waals surface area contributed by atoms with Crippen molar-refractivity contribution < 1.29 is 23.4 Å². The van der Waals surface area contributed by atoms with Crippen LogP contribution in [0.15, 0.2) is 0 Å². The highest BCUT2D eigenvalue weighted by atomic mass is 28.4. The summed E-state index contributed by atoms with van der Waals surface area (Å²) in [6.45, 7) is 13.1. The molecule has 3 atom stereocenters. The number of nitrogens with zero attached hydrogens (tertiary/aromatic N) is 1. The maximum Gasteiger partial charge on any atom is 0.410 e. The highest BCUT2D eigenvalue weighted by molar-refractivity contribution is 6.74. The number of likely N-dealkylation sites (N-methyl/N-ethyl adjacent to an activating group) is 1. The Labute approximate surface area is 141 Å². The fourth-order valence-corrected chi connectivity index (χ4v) is 4.07. The number of ether oxygens (including phenoxy) is 3. The molecule has 1 saturated heterocycles. The molecule has 1 fully saturated rings. The van der Waals surface area contributed by atoms with Gasteiger partial charge in [0.2, 0.25) is 0 Å². The van der Waals surface area contributed by atoms with E-state index < -0.39 is 14.6 Å². The second kappa shape index (κ2) is 7.50. The fourth-order valence-electron chi connectivity index (χ4n) is 2.65. The van der Waals surface area contributed by atoms with Crippen LogP contribution in [0.2, 0.25) is 18.1 Å². The zero-order valence-corrected chi connectivity index (χ0v) is 17.0. The van der Waals surface area contributed by atoms with Gasteiger partial charge in [-0.05, 0) is 25.1 Å². The lowest BCUT2D eigenvalue weighted by Gasteiger charge is -2.41. The fraction of sp³-hybridized carbons (Fsp3) is 0.938. The highest BCUT2D eigenvalue weighted by Crippen LogP contribution is 2.39. The first-order chi connectivity index (χ1) is 10.4. The molecule has 0 spiro atoms. The van der Waals surface area contributed by atoms with Gasteiger partial charge >= 0.3 is 6.09 Å². The van der Waals surface area contributed by atoms with Crippen LogP contribution < -0.4 is 0 Å². The minimum atomic E-state index is -1.93. The Balaban J connectivity index is 2.89. The van der Waals surface area contributed by atoms with Crippen molar-refractivity contribution in [3.8, 4) is 0 Å². The molecule has 1 aliphatic rings. The third-order valence-electron chi connectivity index (χ3n) is 5.09. The number of amides is 1. The van der Waals surface area contributed by atoms with Crippen LogP contribution in [-0.4, -0.2) is 65.1 Å². The quantitative estimate of drug-likeness (QED) is 0.523. The van der Waals surface area contributed by atoms with E-state index in [9.17, 15) is 4.79 Å². The van der Waals surface area contributed by atoms with E-state index in [1.54, 1.807) is 26.2 Å². The van der Waals surface area contributed by atoms with Crippen molar-refractivity contribution in [3.05, 3.63) is 0 Å². The molecule has 7 heteroatoms. The van der Waals surface area contributed by atoms with E-state index in [4.69, 9.17) is 18.6 Å². The van der Waals surface area contributed by atoms with E-state index in [1.165, 1.54) is 0 Å². The number of carbonyl (C=O) groups excluding carboxylic acids is 1. The Bertz CT molecular complexity index is 406. The number of cyclic esters (lactones) is 1. The first-order valence-corrected chi connectivity index (χ1v) is 11.0. The standard InChI is InChI=1S/C16H33NO5Si/c1-11(22-23(8,9)16(2,3)4)14-12(10-13(19-6)20-7)21-15(18)17(14)5/h11-14H,10H2,1-9H3/t11-,12+,14-/m1/s1. The number of hydrogen-bond acceptors (Lipinski definition) is 5. The van der Waals surface area contributed by atoms with E-state index in [0.717, 1.165) is 0 Å². The molecule has 23 heavy (non-hydrogen) atoms. The van der Waals surface area contributed by atoms with Crippen LogP contribution in [0.5, 0.6) is 0 Å². The monoisotopic (exact) mass is 347 g/mol. The predicted octanol–water partition coefficient (Wildman–Crippen LogP) is 3.22. The summed E-state index contributed by atoms with van der Waals surface area (Å²) in [5.41, 5.74) is 0. The van der Waals surface area contributed by atoms with Gasteiger partial charge in [-0.15, -0.1) is 0 Å². The molecule has 6 nitrogen and oxygen atoms in total. The maximum absolute atomic E-state index is 12.0. The normalized spacial score (nSPS) is 24.3. The van der Waals surface area contributed by atoms with Crippen molar-refractivity contribution in [2.45, 2.75) is 76.8 Å². The number of hydrogen-bond donors (Lipinski definition) is 0. The van der Waals surface area contributed by atoms with Crippen LogP contribution in [0.1, 0.15) is 34.1 Å². The second-order valence-electron chi connectivity index (χ2n) is 7.74. The van der Waals surface area contributed by atoms with Gasteiger partial charge in [-0.1, -0.05) is 20.8 Å². The van der Waals surface area contributed by atoms with Gasteiger partial charge < -0.3 is 23.5 Å². The highest BCUT2D eigenvalue weighted by Gasteiger charge is 2.47. The topological polar surface area (TPSA) is 57.2 Å². The summed E-state index contributed by atoms with van der Waals surface area (Å²) in [4.78, 5) is 13.6. The lowest BCUT2D eigenvalue weighted by molar-refractivity contribution is -0.124. The molecular weight excluding hydrogens is 314 g/mol. The molecule has 1 heterocycles. The summed E-state index contributed by atoms with van der Waals surface area (Å²) in [6.07, 6.45) is -0.666. The first-order valence-electron chi connectivity index (χ1n) is 8.11. The number of methoxy groups -OCH3 is 2. The molecule has 0 aromatic carbocycles. The first kappa shape index (κ1) is 20.4. The Hall–Kier alpha value is -0.633. The summed E-state index contributed by atoms with van der Waals surface area (Å²) in [5, 5.41) is 0.112. The molecule has 0 bridgehead atoms. The minimum Gasteiger partial charge on any atom is -0.444 e. The van der Waals surface area contributed by atoms with Gasteiger partial charge in [0.15, 0.2) is 14.6 Å². The molecule has 0 saturated carbocycles. The van der Waals surface area contributed by atoms with Gasteiger partial charge in [-0.2, -0.15) is 0 Å². The van der Waals surface area contributed by atoms with Gasteiger partial charge in [-0.3, -0.25) is 0 Å². The SMILES string of the molecule is COC(C[C@@H]1OC(=O)N(C)[C@@H]1[C@@H](C)O[Si](C)(C)C(C)(C)C)OC.